The van der Waals surface area contributed by atoms with E-state index in [1.54, 1.807) is 18.0 Å². The lowest BCUT2D eigenvalue weighted by Gasteiger charge is -2.22. The Labute approximate surface area is 182 Å². The largest absolute Gasteiger partial charge is 0.352 e. The van der Waals surface area contributed by atoms with Crippen LogP contribution >= 0.6 is 11.8 Å². The molecule has 1 aliphatic carbocycles. The van der Waals surface area contributed by atoms with E-state index in [1.165, 1.54) is 29.5 Å². The van der Waals surface area contributed by atoms with Gasteiger partial charge in [0.1, 0.15) is 6.04 Å². The van der Waals surface area contributed by atoms with Crippen LogP contribution in [0.25, 0.3) is 11.0 Å². The summed E-state index contributed by atoms with van der Waals surface area (Å²) in [5.41, 5.74) is 5.66. The predicted molar refractivity (Wildman–Crippen MR) is 123 cm³/mol. The third-order valence-corrected chi connectivity index (χ3v) is 7.02. The van der Waals surface area contributed by atoms with Crippen molar-refractivity contribution in [1.82, 2.24) is 19.9 Å². The first-order chi connectivity index (χ1) is 14.6. The molecule has 6 heteroatoms. The first-order valence-corrected chi connectivity index (χ1v) is 11.9. The summed E-state index contributed by atoms with van der Waals surface area (Å²) in [6, 6.07) is 8.51. The van der Waals surface area contributed by atoms with Gasteiger partial charge in [-0.3, -0.25) is 9.78 Å². The lowest BCUT2D eigenvalue weighted by Crippen LogP contribution is -2.38. The Morgan fingerprint density at radius 3 is 2.83 bits per heavy atom. The number of carbonyl (C=O) groups is 1. The molecule has 2 heterocycles. The lowest BCUT2D eigenvalue weighted by atomic mass is 10.1. The molecule has 1 aliphatic rings. The van der Waals surface area contributed by atoms with Gasteiger partial charge in [-0.05, 0) is 50.3 Å². The van der Waals surface area contributed by atoms with Crippen molar-refractivity contribution in [2.75, 3.05) is 0 Å². The second kappa shape index (κ2) is 9.21. The smallest absolute Gasteiger partial charge is 0.243 e. The van der Waals surface area contributed by atoms with Crippen molar-refractivity contribution >= 4 is 28.7 Å². The highest BCUT2D eigenvalue weighted by atomic mass is 32.2. The van der Waals surface area contributed by atoms with Gasteiger partial charge in [0.15, 0.2) is 5.16 Å². The zero-order chi connectivity index (χ0) is 21.1. The van der Waals surface area contributed by atoms with Gasteiger partial charge < -0.3 is 9.88 Å². The molecular formula is C24H30N4OS. The number of benzene rings is 1. The number of fused-ring (bicyclic) bond motifs is 1. The average Bonchev–Trinajstić information content (AvgIpc) is 3.37. The summed E-state index contributed by atoms with van der Waals surface area (Å²) < 4.78 is 2.10. The molecule has 1 amide bonds. The van der Waals surface area contributed by atoms with Crippen LogP contribution in [0.3, 0.4) is 0 Å². The fourth-order valence-corrected chi connectivity index (χ4v) is 5.40. The summed E-state index contributed by atoms with van der Waals surface area (Å²) in [7, 11) is 0. The van der Waals surface area contributed by atoms with E-state index >= 15 is 0 Å². The summed E-state index contributed by atoms with van der Waals surface area (Å²) >= 11 is 1.70. The molecule has 0 spiro atoms. The fourth-order valence-electron chi connectivity index (χ4n) is 4.27. The normalized spacial score (nSPS) is 15.6. The molecule has 5 nitrogen and oxygen atoms in total. The minimum atomic E-state index is -0.277. The summed E-state index contributed by atoms with van der Waals surface area (Å²) in [5, 5.41) is 4.17. The number of hydrogen-bond acceptors (Lipinski definition) is 4. The third kappa shape index (κ3) is 4.38. The number of carbonyl (C=O) groups excluding carboxylic acids is 1. The average molecular weight is 423 g/mol. The highest BCUT2D eigenvalue weighted by Gasteiger charge is 2.27. The molecule has 1 fully saturated rings. The fraction of sp³-hybridized carbons (Fsp3) is 0.458. The van der Waals surface area contributed by atoms with Crippen molar-refractivity contribution in [2.24, 2.45) is 0 Å². The van der Waals surface area contributed by atoms with Crippen molar-refractivity contribution in [3.8, 4) is 0 Å². The molecule has 1 aromatic carbocycles. The maximum atomic E-state index is 13.2. The second-order valence-electron chi connectivity index (χ2n) is 8.26. The van der Waals surface area contributed by atoms with Gasteiger partial charge in [-0.25, -0.2) is 4.98 Å². The first-order valence-electron chi connectivity index (χ1n) is 10.9. The standard InChI is InChI=1S/C24H30N4OS/c1-4-21(23(29)26-19-7-5-6-8-19)28-22-14-25-12-11-20(22)27-24(28)30-15-18-13-16(2)9-10-17(18)3/h9-14,19,21H,4-8,15H2,1-3H3,(H,26,29). The Morgan fingerprint density at radius 2 is 2.07 bits per heavy atom. The van der Waals surface area contributed by atoms with Crippen LogP contribution in [0.15, 0.2) is 41.8 Å². The van der Waals surface area contributed by atoms with Crippen LogP contribution in [0.2, 0.25) is 0 Å². The van der Waals surface area contributed by atoms with Gasteiger partial charge in [-0.2, -0.15) is 0 Å². The van der Waals surface area contributed by atoms with Crippen LogP contribution in [-0.2, 0) is 10.5 Å². The van der Waals surface area contributed by atoms with E-state index in [4.69, 9.17) is 4.98 Å². The van der Waals surface area contributed by atoms with E-state index in [0.29, 0.717) is 6.04 Å². The van der Waals surface area contributed by atoms with Gasteiger partial charge in [0.25, 0.3) is 0 Å². The zero-order valence-corrected chi connectivity index (χ0v) is 18.8. The Morgan fingerprint density at radius 1 is 1.27 bits per heavy atom. The Bertz CT molecular complexity index is 1040. The van der Waals surface area contributed by atoms with E-state index in [0.717, 1.165) is 41.2 Å². The molecule has 4 rings (SSSR count). The van der Waals surface area contributed by atoms with E-state index in [-0.39, 0.29) is 11.9 Å². The lowest BCUT2D eigenvalue weighted by molar-refractivity contribution is -0.125. The van der Waals surface area contributed by atoms with Gasteiger partial charge in [-0.1, -0.05) is 55.3 Å². The predicted octanol–water partition coefficient (Wildman–Crippen LogP) is 5.35. The van der Waals surface area contributed by atoms with Crippen LogP contribution in [0.5, 0.6) is 0 Å². The van der Waals surface area contributed by atoms with Crippen molar-refractivity contribution < 1.29 is 4.79 Å². The Kier molecular flexibility index (Phi) is 6.42. The van der Waals surface area contributed by atoms with E-state index in [2.05, 4.69) is 53.8 Å². The van der Waals surface area contributed by atoms with E-state index < -0.39 is 0 Å². The zero-order valence-electron chi connectivity index (χ0n) is 18.0. The third-order valence-electron chi connectivity index (χ3n) is 6.02. The number of rotatable bonds is 7. The second-order valence-corrected chi connectivity index (χ2v) is 9.20. The van der Waals surface area contributed by atoms with Crippen LogP contribution < -0.4 is 5.32 Å². The molecule has 1 atom stereocenters. The minimum absolute atomic E-state index is 0.0983. The van der Waals surface area contributed by atoms with Crippen LogP contribution in [0.4, 0.5) is 0 Å². The molecular weight excluding hydrogens is 392 g/mol. The number of imidazole rings is 1. The summed E-state index contributed by atoms with van der Waals surface area (Å²) in [4.78, 5) is 22.4. The number of hydrogen-bond donors (Lipinski definition) is 1. The number of aromatic nitrogens is 3. The van der Waals surface area contributed by atoms with E-state index in [9.17, 15) is 4.79 Å². The number of nitrogens with one attached hydrogen (secondary N) is 1. The molecule has 3 aromatic rings. The number of nitrogens with zero attached hydrogens (tertiary/aromatic N) is 3. The number of pyridine rings is 1. The molecule has 158 valence electrons. The molecule has 0 aliphatic heterocycles. The molecule has 0 bridgehead atoms. The molecule has 1 unspecified atom stereocenters. The quantitative estimate of drug-likeness (QED) is 0.521. The van der Waals surface area contributed by atoms with Crippen LogP contribution in [-0.4, -0.2) is 26.5 Å². The summed E-state index contributed by atoms with van der Waals surface area (Å²) in [6.07, 6.45) is 8.89. The number of amides is 1. The van der Waals surface area contributed by atoms with Crippen molar-refractivity contribution in [3.05, 3.63) is 53.3 Å². The first kappa shape index (κ1) is 20.9. The monoisotopic (exact) mass is 422 g/mol. The van der Waals surface area contributed by atoms with Crippen LogP contribution in [0.1, 0.15) is 61.8 Å². The topological polar surface area (TPSA) is 59.8 Å². The highest BCUT2D eigenvalue weighted by Crippen LogP contribution is 2.32. The van der Waals surface area contributed by atoms with E-state index in [1.807, 2.05) is 12.3 Å². The maximum absolute atomic E-state index is 13.2. The van der Waals surface area contributed by atoms with Gasteiger partial charge in [0.05, 0.1) is 17.2 Å². The Hall–Kier alpha value is -2.34. The number of thioether (sulfide) groups is 1. The molecule has 30 heavy (non-hydrogen) atoms. The van der Waals surface area contributed by atoms with Gasteiger partial charge >= 0.3 is 0 Å². The minimum Gasteiger partial charge on any atom is -0.352 e. The molecule has 0 radical (unpaired) electrons. The van der Waals surface area contributed by atoms with Crippen molar-refractivity contribution in [2.45, 2.75) is 75.9 Å². The molecule has 0 saturated heterocycles. The number of aryl methyl sites for hydroxylation is 2. The summed E-state index contributed by atoms with van der Waals surface area (Å²) in [6.45, 7) is 6.33. The van der Waals surface area contributed by atoms with Gasteiger partial charge in [0, 0.05) is 18.0 Å². The SMILES string of the molecule is CCC(C(=O)NC1CCCC1)n1c(SCc2cc(C)ccc2C)nc2ccncc21. The van der Waals surface area contributed by atoms with Gasteiger partial charge in [-0.15, -0.1) is 0 Å². The van der Waals surface area contributed by atoms with Crippen molar-refractivity contribution in [3.63, 3.8) is 0 Å². The Balaban J connectivity index is 1.65. The highest BCUT2D eigenvalue weighted by molar-refractivity contribution is 7.98. The van der Waals surface area contributed by atoms with Crippen LogP contribution in [0, 0.1) is 13.8 Å². The summed E-state index contributed by atoms with van der Waals surface area (Å²) in [5.74, 6) is 0.923. The molecule has 2 aromatic heterocycles. The maximum Gasteiger partial charge on any atom is 0.243 e. The molecule has 1 saturated carbocycles. The van der Waals surface area contributed by atoms with Gasteiger partial charge in [0.2, 0.25) is 5.91 Å². The van der Waals surface area contributed by atoms with Crippen molar-refractivity contribution in [1.29, 1.82) is 0 Å². The molecule has 1 N–H and O–H groups in total.